The van der Waals surface area contributed by atoms with E-state index in [0.29, 0.717) is 34.1 Å². The zero-order chi connectivity index (χ0) is 31.6. The van der Waals surface area contributed by atoms with Crippen molar-refractivity contribution in [2.24, 2.45) is 10.9 Å². The first-order chi connectivity index (χ1) is 20.4. The zero-order valence-electron chi connectivity index (χ0n) is 25.2. The van der Waals surface area contributed by atoms with Gasteiger partial charge in [0, 0.05) is 46.9 Å². The van der Waals surface area contributed by atoms with E-state index in [1.165, 1.54) is 0 Å². The molecule has 4 rings (SSSR count). The first-order valence-corrected chi connectivity index (χ1v) is 14.3. The summed E-state index contributed by atoms with van der Waals surface area (Å²) >= 11 is 0. The summed E-state index contributed by atoms with van der Waals surface area (Å²) in [4.78, 5) is 58.8. The molecule has 5 N–H and O–H groups in total. The molecule has 226 valence electrons. The second-order valence-corrected chi connectivity index (χ2v) is 11.1. The highest BCUT2D eigenvalue weighted by Crippen LogP contribution is 2.27. The molecule has 0 saturated heterocycles. The lowest BCUT2D eigenvalue weighted by Gasteiger charge is -2.12. The quantitative estimate of drug-likeness (QED) is 0.272. The van der Waals surface area contributed by atoms with Crippen molar-refractivity contribution in [2.45, 2.75) is 72.8 Å². The molecule has 0 spiro atoms. The van der Waals surface area contributed by atoms with Gasteiger partial charge in [0.2, 0.25) is 0 Å². The summed E-state index contributed by atoms with van der Waals surface area (Å²) in [5, 5.41) is 23.3. The summed E-state index contributed by atoms with van der Waals surface area (Å²) in [5.41, 5.74) is 7.85. The number of carboxylic acid groups (broad SMARTS) is 2. The van der Waals surface area contributed by atoms with E-state index < -0.39 is 11.9 Å². The van der Waals surface area contributed by atoms with Crippen molar-refractivity contribution < 1.29 is 29.4 Å². The molecule has 2 atom stereocenters. The van der Waals surface area contributed by atoms with Crippen LogP contribution in [0.2, 0.25) is 0 Å². The van der Waals surface area contributed by atoms with Gasteiger partial charge in [0.05, 0.1) is 17.7 Å². The molecule has 0 fully saturated rings. The van der Waals surface area contributed by atoms with Gasteiger partial charge in [-0.25, -0.2) is 4.99 Å². The first-order valence-electron chi connectivity index (χ1n) is 14.3. The number of nitrogens with one attached hydrogen (secondary N) is 3. The molecule has 10 heteroatoms. The monoisotopic (exact) mass is 586 g/mol. The lowest BCUT2D eigenvalue weighted by molar-refractivity contribution is -0.138. The van der Waals surface area contributed by atoms with E-state index >= 15 is 0 Å². The van der Waals surface area contributed by atoms with Crippen molar-refractivity contribution in [1.82, 2.24) is 15.3 Å². The number of carbonyl (C=O) groups excluding carboxylic acids is 2. The van der Waals surface area contributed by atoms with Crippen LogP contribution in [0.3, 0.4) is 0 Å². The number of aromatic amines is 2. The highest BCUT2D eigenvalue weighted by atomic mass is 16.4. The number of allylic oxidation sites excluding steroid dienone is 1. The van der Waals surface area contributed by atoms with E-state index in [2.05, 4.69) is 26.9 Å². The molecule has 2 aromatic heterocycles. The Morgan fingerprint density at radius 3 is 2.19 bits per heavy atom. The van der Waals surface area contributed by atoms with Gasteiger partial charge in [-0.1, -0.05) is 18.7 Å². The Hall–Kier alpha value is -4.73. The summed E-state index contributed by atoms with van der Waals surface area (Å²) < 4.78 is 0. The van der Waals surface area contributed by atoms with E-state index in [9.17, 15) is 29.4 Å². The summed E-state index contributed by atoms with van der Waals surface area (Å²) in [5.74, 6) is -2.54. The number of aliphatic carboxylic acids is 2. The van der Waals surface area contributed by atoms with Gasteiger partial charge in [-0.2, -0.15) is 0 Å². The van der Waals surface area contributed by atoms with Crippen LogP contribution in [-0.2, 0) is 38.4 Å². The molecule has 0 aromatic carbocycles. The highest BCUT2D eigenvalue weighted by Gasteiger charge is 2.29. The Balaban J connectivity index is 1.86. The van der Waals surface area contributed by atoms with Crippen molar-refractivity contribution in [3.05, 3.63) is 79.8 Å². The van der Waals surface area contributed by atoms with Gasteiger partial charge in [-0.15, -0.1) is 0 Å². The predicted octanol–water partition coefficient (Wildman–Crippen LogP) is 2.71. The highest BCUT2D eigenvalue weighted by molar-refractivity contribution is 6.29. The number of amides is 2. The fourth-order valence-corrected chi connectivity index (χ4v) is 5.90. The van der Waals surface area contributed by atoms with Crippen LogP contribution in [0.5, 0.6) is 0 Å². The molecule has 0 radical (unpaired) electrons. The van der Waals surface area contributed by atoms with Gasteiger partial charge in [-0.05, 0) is 93.0 Å². The molecule has 0 saturated carbocycles. The molecule has 4 heterocycles. The second kappa shape index (κ2) is 12.6. The summed E-state index contributed by atoms with van der Waals surface area (Å²) in [6, 6.07) is -0.226. The van der Waals surface area contributed by atoms with E-state index in [1.807, 2.05) is 52.8 Å². The fourth-order valence-electron chi connectivity index (χ4n) is 5.90. The maximum atomic E-state index is 12.4. The SMILES string of the molecule is C=CC1=C(C)C(Cc2[nH]c(/C=c3\[nH]/c(=C\C4=NC(=O)C(C)/C4=C\C)c(C)c3CCC(=O)O)c(CCC(=O)O)c2C)NC1=O. The van der Waals surface area contributed by atoms with Crippen molar-refractivity contribution in [3.63, 3.8) is 0 Å². The number of hydrogen-bond donors (Lipinski definition) is 5. The zero-order valence-corrected chi connectivity index (χ0v) is 25.2. The Morgan fingerprint density at radius 2 is 1.60 bits per heavy atom. The molecule has 2 aromatic rings. The van der Waals surface area contributed by atoms with Crippen LogP contribution in [-0.4, -0.2) is 55.7 Å². The molecule has 2 unspecified atom stereocenters. The molecule has 2 aliphatic heterocycles. The Labute approximate surface area is 249 Å². The van der Waals surface area contributed by atoms with Gasteiger partial charge >= 0.3 is 11.9 Å². The topological polar surface area (TPSA) is 165 Å². The summed E-state index contributed by atoms with van der Waals surface area (Å²) in [6.07, 6.45) is 8.05. The number of carbonyl (C=O) groups is 4. The molecule has 43 heavy (non-hydrogen) atoms. The lowest BCUT2D eigenvalue weighted by atomic mass is 9.98. The number of H-pyrrole nitrogens is 2. The molecule has 10 nitrogen and oxygen atoms in total. The number of carboxylic acids is 2. The second-order valence-electron chi connectivity index (χ2n) is 11.1. The average Bonchev–Trinajstić information content (AvgIpc) is 3.59. The van der Waals surface area contributed by atoms with E-state index in [1.54, 1.807) is 6.08 Å². The van der Waals surface area contributed by atoms with Crippen LogP contribution in [0.1, 0.15) is 67.3 Å². The molecule has 0 bridgehead atoms. The summed E-state index contributed by atoms with van der Waals surface area (Å²) in [6.45, 7) is 13.2. The molecular formula is C33H38N4O6. The standard InChI is InChI=1S/C33H38N4O6/c1-7-20-19(6)32(42)37-27(20)14-25-18(5)23(10-12-31(40)41)29(35-25)15-28-22(9-11-30(38)39)17(4)24(34-28)13-26-16(3)21(8-2)33(43)36-26/h7-8,14-15,19,26,34-35H,2,9-13H2,1,3-6H3,(H,36,43)(H,38,39)(H,40,41)/b20-7+,25-14-,29-15-. The minimum absolute atomic E-state index is 0.0640. The Kier molecular flexibility index (Phi) is 9.18. The molecular weight excluding hydrogens is 548 g/mol. The lowest BCUT2D eigenvalue weighted by Crippen LogP contribution is -2.30. The van der Waals surface area contributed by atoms with Crippen molar-refractivity contribution in [3.8, 4) is 0 Å². The first kappa shape index (κ1) is 31.2. The maximum absolute atomic E-state index is 12.4. The van der Waals surface area contributed by atoms with Crippen LogP contribution < -0.4 is 16.0 Å². The van der Waals surface area contributed by atoms with Gasteiger partial charge in [-0.3, -0.25) is 19.2 Å². The van der Waals surface area contributed by atoms with Gasteiger partial charge < -0.3 is 25.5 Å². The van der Waals surface area contributed by atoms with Crippen molar-refractivity contribution in [2.75, 3.05) is 0 Å². The number of hydrogen-bond acceptors (Lipinski definition) is 4. The fraction of sp³-hybridized carbons (Fsp3) is 0.364. The number of nitrogens with zero attached hydrogens (tertiary/aromatic N) is 1. The predicted molar refractivity (Wildman–Crippen MR) is 164 cm³/mol. The average molecular weight is 587 g/mol. The molecule has 0 aliphatic carbocycles. The number of aliphatic imine (C=N–C) groups is 1. The van der Waals surface area contributed by atoms with Gasteiger partial charge in [0.1, 0.15) is 0 Å². The smallest absolute Gasteiger partial charge is 0.303 e. The van der Waals surface area contributed by atoms with Gasteiger partial charge in [0.15, 0.2) is 0 Å². The Morgan fingerprint density at radius 1 is 0.953 bits per heavy atom. The third kappa shape index (κ3) is 6.38. The minimum Gasteiger partial charge on any atom is -0.481 e. The van der Waals surface area contributed by atoms with E-state index in [4.69, 9.17) is 0 Å². The van der Waals surface area contributed by atoms with Gasteiger partial charge in [0.25, 0.3) is 11.8 Å². The van der Waals surface area contributed by atoms with Crippen LogP contribution in [0.15, 0.2) is 40.4 Å². The molecule has 2 amide bonds. The van der Waals surface area contributed by atoms with Crippen LogP contribution in [0, 0.1) is 19.8 Å². The molecule has 2 aliphatic rings. The third-order valence-electron chi connectivity index (χ3n) is 8.50. The van der Waals surface area contributed by atoms with Crippen molar-refractivity contribution >= 4 is 41.6 Å². The van der Waals surface area contributed by atoms with Crippen LogP contribution >= 0.6 is 0 Å². The van der Waals surface area contributed by atoms with E-state index in [0.717, 1.165) is 39.1 Å². The van der Waals surface area contributed by atoms with Crippen LogP contribution in [0.4, 0.5) is 0 Å². The normalized spacial score (nSPS) is 20.4. The third-order valence-corrected chi connectivity index (χ3v) is 8.50. The number of aromatic nitrogens is 2. The summed E-state index contributed by atoms with van der Waals surface area (Å²) in [7, 11) is 0. The maximum Gasteiger partial charge on any atom is 0.303 e. The largest absolute Gasteiger partial charge is 0.481 e. The van der Waals surface area contributed by atoms with E-state index in [-0.39, 0.29) is 49.5 Å². The van der Waals surface area contributed by atoms with Crippen LogP contribution in [0.25, 0.3) is 12.2 Å². The van der Waals surface area contributed by atoms with Crippen molar-refractivity contribution in [1.29, 1.82) is 0 Å². The Bertz CT molecular complexity index is 1750. The number of rotatable bonds is 11. The minimum atomic E-state index is -0.922.